The van der Waals surface area contributed by atoms with Crippen LogP contribution < -0.4 is 0 Å². The molecule has 0 saturated heterocycles. The fourth-order valence-electron chi connectivity index (χ4n) is 4.94. The summed E-state index contributed by atoms with van der Waals surface area (Å²) >= 11 is 0. The summed E-state index contributed by atoms with van der Waals surface area (Å²) in [5, 5.41) is 0. The molecule has 1 nitrogen and oxygen atoms in total. The molecule has 2 bridgehead atoms. The summed E-state index contributed by atoms with van der Waals surface area (Å²) in [5.74, 6) is 4.67. The fraction of sp³-hybridized carbons (Fsp3) is 0.941. The molecule has 0 N–H and O–H groups in total. The minimum Gasteiger partial charge on any atom is -0.299 e. The number of Topliss-reactive ketones (excluding diaryl/α,β-unsaturated/α-hetero) is 1. The summed E-state index contributed by atoms with van der Waals surface area (Å²) in [6, 6.07) is 0. The summed E-state index contributed by atoms with van der Waals surface area (Å²) in [6.07, 6.45) is 12.9. The highest BCUT2D eigenvalue weighted by molar-refractivity contribution is 5.81. The minimum absolute atomic E-state index is 0.437. The highest BCUT2D eigenvalue weighted by Crippen LogP contribution is 2.50. The van der Waals surface area contributed by atoms with E-state index in [2.05, 4.69) is 6.92 Å². The van der Waals surface area contributed by atoms with Gasteiger partial charge in [0.25, 0.3) is 0 Å². The summed E-state index contributed by atoms with van der Waals surface area (Å²) < 4.78 is 0. The molecule has 3 saturated carbocycles. The highest BCUT2D eigenvalue weighted by Gasteiger charge is 2.40. The largest absolute Gasteiger partial charge is 0.299 e. The van der Waals surface area contributed by atoms with Crippen molar-refractivity contribution in [3.63, 3.8) is 0 Å². The summed E-state index contributed by atoms with van der Waals surface area (Å²) in [4.78, 5) is 12.4. The Morgan fingerprint density at radius 2 is 1.78 bits per heavy atom. The molecule has 0 amide bonds. The van der Waals surface area contributed by atoms with Crippen LogP contribution in [0.3, 0.4) is 0 Å². The Hall–Kier alpha value is -0.330. The van der Waals surface area contributed by atoms with Crippen molar-refractivity contribution in [1.82, 2.24) is 0 Å². The Labute approximate surface area is 112 Å². The SMILES string of the molecule is CCC1CCC(C(=O)CC2CC3CCC2C3)CC1. The van der Waals surface area contributed by atoms with Gasteiger partial charge in [-0.2, -0.15) is 0 Å². The zero-order valence-electron chi connectivity index (χ0n) is 11.9. The van der Waals surface area contributed by atoms with Gasteiger partial charge < -0.3 is 0 Å². The maximum Gasteiger partial charge on any atom is 0.136 e. The first-order valence-electron chi connectivity index (χ1n) is 8.29. The van der Waals surface area contributed by atoms with Crippen LogP contribution in [0, 0.1) is 29.6 Å². The first-order valence-corrected chi connectivity index (χ1v) is 8.29. The third-order valence-corrected chi connectivity index (χ3v) is 6.23. The molecule has 3 unspecified atom stereocenters. The van der Waals surface area contributed by atoms with Gasteiger partial charge in [-0.05, 0) is 68.6 Å². The molecule has 0 aliphatic heterocycles. The zero-order valence-corrected chi connectivity index (χ0v) is 11.9. The number of fused-ring (bicyclic) bond motifs is 2. The average Bonchev–Trinajstić information content (AvgIpc) is 3.01. The maximum atomic E-state index is 12.4. The van der Waals surface area contributed by atoms with Crippen molar-refractivity contribution >= 4 is 5.78 Å². The molecular weight excluding hydrogens is 220 g/mol. The lowest BCUT2D eigenvalue weighted by Gasteiger charge is -2.29. The van der Waals surface area contributed by atoms with Crippen LogP contribution in [-0.4, -0.2) is 5.78 Å². The molecule has 0 aromatic rings. The van der Waals surface area contributed by atoms with Gasteiger partial charge in [-0.15, -0.1) is 0 Å². The normalized spacial score (nSPS) is 43.3. The molecule has 0 spiro atoms. The average molecular weight is 248 g/mol. The van der Waals surface area contributed by atoms with E-state index in [4.69, 9.17) is 0 Å². The van der Waals surface area contributed by atoms with Crippen LogP contribution in [0.4, 0.5) is 0 Å². The van der Waals surface area contributed by atoms with Gasteiger partial charge in [0.05, 0.1) is 0 Å². The molecule has 3 fully saturated rings. The van der Waals surface area contributed by atoms with E-state index in [1.54, 1.807) is 0 Å². The first-order chi connectivity index (χ1) is 8.76. The van der Waals surface area contributed by atoms with Crippen molar-refractivity contribution in [2.75, 3.05) is 0 Å². The monoisotopic (exact) mass is 248 g/mol. The van der Waals surface area contributed by atoms with Crippen LogP contribution in [0.5, 0.6) is 0 Å². The van der Waals surface area contributed by atoms with E-state index in [-0.39, 0.29) is 0 Å². The standard InChI is InChI=1S/C17H28O/c1-2-12-3-6-14(7-4-12)17(18)11-16-10-13-5-8-15(16)9-13/h12-16H,2-11H2,1H3. The van der Waals surface area contributed by atoms with Crippen LogP contribution in [-0.2, 0) is 4.79 Å². The molecule has 3 atom stereocenters. The van der Waals surface area contributed by atoms with E-state index in [0.29, 0.717) is 11.7 Å². The molecule has 1 heteroatoms. The van der Waals surface area contributed by atoms with Gasteiger partial charge in [-0.3, -0.25) is 4.79 Å². The molecule has 3 aliphatic carbocycles. The lowest BCUT2D eigenvalue weighted by molar-refractivity contribution is -0.125. The third-order valence-electron chi connectivity index (χ3n) is 6.23. The van der Waals surface area contributed by atoms with Gasteiger partial charge in [0.2, 0.25) is 0 Å². The fourth-order valence-corrected chi connectivity index (χ4v) is 4.94. The Bertz CT molecular complexity index is 301. The molecule has 0 aromatic carbocycles. The first kappa shape index (κ1) is 12.7. The van der Waals surface area contributed by atoms with E-state index in [1.807, 2.05) is 0 Å². The molecule has 0 radical (unpaired) electrons. The zero-order chi connectivity index (χ0) is 12.5. The van der Waals surface area contributed by atoms with E-state index in [0.717, 1.165) is 30.1 Å². The predicted octanol–water partition coefficient (Wildman–Crippen LogP) is 4.60. The summed E-state index contributed by atoms with van der Waals surface area (Å²) in [5.41, 5.74) is 0. The second kappa shape index (κ2) is 5.35. The van der Waals surface area contributed by atoms with Crippen molar-refractivity contribution < 1.29 is 4.79 Å². The van der Waals surface area contributed by atoms with Crippen LogP contribution in [0.15, 0.2) is 0 Å². The minimum atomic E-state index is 0.437. The van der Waals surface area contributed by atoms with E-state index >= 15 is 0 Å². The van der Waals surface area contributed by atoms with E-state index in [1.165, 1.54) is 57.8 Å². The quantitative estimate of drug-likeness (QED) is 0.710. The Balaban J connectivity index is 1.47. The smallest absolute Gasteiger partial charge is 0.136 e. The predicted molar refractivity (Wildman–Crippen MR) is 74.3 cm³/mol. The topological polar surface area (TPSA) is 17.1 Å². The maximum absolute atomic E-state index is 12.4. The Kier molecular flexibility index (Phi) is 3.77. The molecule has 0 aromatic heterocycles. The highest BCUT2D eigenvalue weighted by atomic mass is 16.1. The Morgan fingerprint density at radius 1 is 1.00 bits per heavy atom. The van der Waals surface area contributed by atoms with Gasteiger partial charge >= 0.3 is 0 Å². The molecule has 102 valence electrons. The van der Waals surface area contributed by atoms with E-state index in [9.17, 15) is 4.79 Å². The second-order valence-corrected chi connectivity index (χ2v) is 7.23. The van der Waals surface area contributed by atoms with Gasteiger partial charge in [0.15, 0.2) is 0 Å². The van der Waals surface area contributed by atoms with Crippen LogP contribution in [0.25, 0.3) is 0 Å². The molecule has 0 heterocycles. The molecule has 3 aliphatic rings. The number of carbonyl (C=O) groups is 1. The van der Waals surface area contributed by atoms with Crippen molar-refractivity contribution in [3.05, 3.63) is 0 Å². The van der Waals surface area contributed by atoms with Crippen LogP contribution >= 0.6 is 0 Å². The van der Waals surface area contributed by atoms with Crippen molar-refractivity contribution in [3.8, 4) is 0 Å². The van der Waals surface area contributed by atoms with Gasteiger partial charge in [0, 0.05) is 12.3 Å². The van der Waals surface area contributed by atoms with Gasteiger partial charge in [-0.1, -0.05) is 19.8 Å². The second-order valence-electron chi connectivity index (χ2n) is 7.23. The van der Waals surface area contributed by atoms with Crippen molar-refractivity contribution in [2.45, 2.75) is 71.1 Å². The Morgan fingerprint density at radius 3 is 2.33 bits per heavy atom. The van der Waals surface area contributed by atoms with Crippen LogP contribution in [0.2, 0.25) is 0 Å². The number of ketones is 1. The summed E-state index contributed by atoms with van der Waals surface area (Å²) in [6.45, 7) is 2.29. The lowest BCUT2D eigenvalue weighted by Crippen LogP contribution is -2.25. The third kappa shape index (κ3) is 2.51. The van der Waals surface area contributed by atoms with Gasteiger partial charge in [0.1, 0.15) is 5.78 Å². The molecular formula is C17H28O. The number of carbonyl (C=O) groups excluding carboxylic acids is 1. The number of hydrogen-bond donors (Lipinski definition) is 0. The van der Waals surface area contributed by atoms with Gasteiger partial charge in [-0.25, -0.2) is 0 Å². The number of rotatable bonds is 4. The van der Waals surface area contributed by atoms with Crippen molar-refractivity contribution in [1.29, 1.82) is 0 Å². The molecule has 18 heavy (non-hydrogen) atoms. The number of hydrogen-bond acceptors (Lipinski definition) is 1. The van der Waals surface area contributed by atoms with E-state index < -0.39 is 0 Å². The summed E-state index contributed by atoms with van der Waals surface area (Å²) in [7, 11) is 0. The molecule has 3 rings (SSSR count). The van der Waals surface area contributed by atoms with Crippen molar-refractivity contribution in [2.24, 2.45) is 29.6 Å². The lowest BCUT2D eigenvalue weighted by atomic mass is 9.76. The van der Waals surface area contributed by atoms with Crippen LogP contribution in [0.1, 0.15) is 71.1 Å².